The number of carbonyl (C=O) groups is 2. The predicted molar refractivity (Wildman–Crippen MR) is 183 cm³/mol. The third-order valence-electron chi connectivity index (χ3n) is 11.2. The molecule has 13 atom stereocenters. The Morgan fingerprint density at radius 3 is 2.55 bits per heavy atom. The minimum atomic E-state index is -1.81. The van der Waals surface area contributed by atoms with Crippen LogP contribution in [0.5, 0.6) is 0 Å². The lowest BCUT2D eigenvalue weighted by molar-refractivity contribution is -0.385. The molecule has 2 bridgehead atoms. The Kier molecular flexibility index (Phi) is 11.7. The van der Waals surface area contributed by atoms with Crippen molar-refractivity contribution in [3.63, 3.8) is 0 Å². The second-order valence-electron chi connectivity index (χ2n) is 15.8. The van der Waals surface area contributed by atoms with Gasteiger partial charge >= 0.3 is 11.9 Å². The average Bonchev–Trinajstić information content (AvgIpc) is 3.37. The van der Waals surface area contributed by atoms with Crippen molar-refractivity contribution in [2.75, 3.05) is 6.61 Å². The Morgan fingerprint density at radius 2 is 1.86 bits per heavy atom. The molecule has 3 fully saturated rings. The minimum absolute atomic E-state index is 0.0107. The Labute approximate surface area is 291 Å². The molecule has 274 valence electrons. The van der Waals surface area contributed by atoms with E-state index in [4.69, 9.17) is 23.7 Å². The van der Waals surface area contributed by atoms with Crippen LogP contribution in [0.15, 0.2) is 47.1 Å². The largest absolute Gasteiger partial charge is 0.462 e. The molecule has 0 amide bonds. The van der Waals surface area contributed by atoms with E-state index < -0.39 is 66.0 Å². The molecule has 3 saturated heterocycles. The zero-order valence-corrected chi connectivity index (χ0v) is 30.5. The first-order valence-corrected chi connectivity index (χ1v) is 18.3. The van der Waals surface area contributed by atoms with Gasteiger partial charge in [-0.3, -0.25) is 9.59 Å². The van der Waals surface area contributed by atoms with E-state index in [9.17, 15) is 24.9 Å². The molecule has 5 unspecified atom stereocenters. The molecule has 0 aromatic heterocycles. The Hall–Kier alpha value is -2.34. The van der Waals surface area contributed by atoms with Gasteiger partial charge in [0.2, 0.25) is 5.79 Å². The SMILES string of the molecule is CCC1O[C@@]2(C[C@@H]3C[C@@H](C/C=C(\C)C[C@@H](C)/C=C/C=C4\COC5[C@H](O)C(C)=C[C@@H](C(=O)O3)[C@]45O)O2)C(O)C(OC(=O)C(C)CC(C)C)[C@@H]1C. The van der Waals surface area contributed by atoms with Crippen LogP contribution in [0.25, 0.3) is 0 Å². The van der Waals surface area contributed by atoms with Gasteiger partial charge in [-0.2, -0.15) is 0 Å². The molecule has 1 aliphatic carbocycles. The normalized spacial score (nSPS) is 44.9. The maximum absolute atomic E-state index is 14.2. The number of aliphatic hydroxyl groups excluding tert-OH is 2. The van der Waals surface area contributed by atoms with Crippen LogP contribution in [0.2, 0.25) is 0 Å². The van der Waals surface area contributed by atoms with E-state index in [-0.39, 0.29) is 36.8 Å². The van der Waals surface area contributed by atoms with Crippen molar-refractivity contribution in [1.82, 2.24) is 0 Å². The number of allylic oxidation sites excluding steroid dienone is 4. The summed E-state index contributed by atoms with van der Waals surface area (Å²) in [4.78, 5) is 27.5. The highest BCUT2D eigenvalue weighted by Gasteiger charge is 2.62. The topological polar surface area (TPSA) is 141 Å². The van der Waals surface area contributed by atoms with E-state index in [0.717, 1.165) is 12.0 Å². The molecule has 0 aromatic carbocycles. The molecule has 0 saturated carbocycles. The summed E-state index contributed by atoms with van der Waals surface area (Å²) < 4.78 is 31.6. The number of esters is 2. The maximum Gasteiger partial charge on any atom is 0.316 e. The maximum atomic E-state index is 14.2. The van der Waals surface area contributed by atoms with Crippen LogP contribution in [0.1, 0.15) is 93.9 Å². The number of hydrogen-bond donors (Lipinski definition) is 3. The first-order valence-electron chi connectivity index (χ1n) is 18.3. The summed E-state index contributed by atoms with van der Waals surface area (Å²) in [5, 5.41) is 35.3. The standard InChI is InChI=1S/C39H58O10/c1-9-31-26(8)33(47-36(42)25(7)15-21(2)3)34(41)38(49-31)19-29-18-28(48-38)14-13-23(5)16-22(4)11-10-12-27-20-45-35-32(40)24(6)17-30(37(43)46-29)39(27,35)44/h10-13,17,21-22,25-26,28-35,40-41,44H,9,14-16,18-20H2,1-8H3/b11-10+,23-13+,27-12+/t22-,25?,26+,28+,29-,30-,31?,32+,33?,34?,35?,38-,39+/m0/s1. The first kappa shape index (κ1) is 37.9. The third kappa shape index (κ3) is 7.65. The van der Waals surface area contributed by atoms with Crippen LogP contribution in [0.3, 0.4) is 0 Å². The van der Waals surface area contributed by atoms with Gasteiger partial charge in [0.05, 0.1) is 24.7 Å². The van der Waals surface area contributed by atoms with Crippen LogP contribution in [0.4, 0.5) is 0 Å². The Morgan fingerprint density at radius 1 is 1.12 bits per heavy atom. The number of carbonyl (C=O) groups excluding carboxylic acids is 2. The van der Waals surface area contributed by atoms with Crippen molar-refractivity contribution in [2.45, 2.75) is 148 Å². The summed E-state index contributed by atoms with van der Waals surface area (Å²) in [5.41, 5.74) is 0.353. The van der Waals surface area contributed by atoms with Crippen molar-refractivity contribution in [3.05, 3.63) is 47.1 Å². The second-order valence-corrected chi connectivity index (χ2v) is 15.8. The second kappa shape index (κ2) is 15.1. The molecule has 3 N–H and O–H groups in total. The lowest BCUT2D eigenvalue weighted by Gasteiger charge is -2.54. The smallest absolute Gasteiger partial charge is 0.316 e. The van der Waals surface area contributed by atoms with Crippen LogP contribution in [-0.4, -0.2) is 88.0 Å². The molecule has 4 aliphatic heterocycles. The first-order chi connectivity index (χ1) is 23.1. The number of fused-ring (bicyclic) bond motifs is 2. The number of ether oxygens (including phenoxy) is 5. The predicted octanol–water partition coefficient (Wildman–Crippen LogP) is 5.10. The van der Waals surface area contributed by atoms with E-state index in [2.05, 4.69) is 33.8 Å². The fourth-order valence-electron chi connectivity index (χ4n) is 8.50. The molecule has 10 heteroatoms. The molecule has 4 heterocycles. The molecular formula is C39H58O10. The molecule has 5 aliphatic rings. The minimum Gasteiger partial charge on any atom is -0.462 e. The molecule has 5 rings (SSSR count). The summed E-state index contributed by atoms with van der Waals surface area (Å²) in [7, 11) is 0. The van der Waals surface area contributed by atoms with E-state index in [0.29, 0.717) is 42.7 Å². The third-order valence-corrected chi connectivity index (χ3v) is 11.2. The zero-order chi connectivity index (χ0) is 35.8. The van der Waals surface area contributed by atoms with Crippen molar-refractivity contribution < 1.29 is 48.6 Å². The van der Waals surface area contributed by atoms with Crippen LogP contribution >= 0.6 is 0 Å². The highest BCUT2D eigenvalue weighted by Crippen LogP contribution is 2.48. The summed E-state index contributed by atoms with van der Waals surface area (Å²) in [6.45, 7) is 15.8. The van der Waals surface area contributed by atoms with Crippen LogP contribution < -0.4 is 0 Å². The Balaban J connectivity index is 1.52. The molecule has 0 aromatic rings. The zero-order valence-electron chi connectivity index (χ0n) is 30.5. The van der Waals surface area contributed by atoms with E-state index in [1.165, 1.54) is 0 Å². The van der Waals surface area contributed by atoms with Crippen molar-refractivity contribution in [1.29, 1.82) is 0 Å². The lowest BCUT2D eigenvalue weighted by atomic mass is 9.71. The van der Waals surface area contributed by atoms with Crippen molar-refractivity contribution >= 4 is 11.9 Å². The summed E-state index contributed by atoms with van der Waals surface area (Å²) in [6.07, 6.45) is 6.32. The highest BCUT2D eigenvalue weighted by atomic mass is 16.7. The highest BCUT2D eigenvalue weighted by molar-refractivity contribution is 5.78. The van der Waals surface area contributed by atoms with E-state index in [1.807, 2.05) is 32.9 Å². The van der Waals surface area contributed by atoms with Crippen LogP contribution in [0, 0.1) is 29.6 Å². The number of aliphatic hydroxyl groups is 3. The number of hydrogen-bond acceptors (Lipinski definition) is 10. The quantitative estimate of drug-likeness (QED) is 0.264. The van der Waals surface area contributed by atoms with Crippen LogP contribution in [-0.2, 0) is 33.3 Å². The summed E-state index contributed by atoms with van der Waals surface area (Å²) in [5.74, 6) is -3.94. The van der Waals surface area contributed by atoms with Gasteiger partial charge in [-0.15, -0.1) is 0 Å². The lowest BCUT2D eigenvalue weighted by Crippen LogP contribution is -2.67. The van der Waals surface area contributed by atoms with E-state index in [1.54, 1.807) is 19.1 Å². The molecule has 1 spiro atoms. The summed E-state index contributed by atoms with van der Waals surface area (Å²) >= 11 is 0. The van der Waals surface area contributed by atoms with Crippen molar-refractivity contribution in [3.8, 4) is 0 Å². The van der Waals surface area contributed by atoms with Gasteiger partial charge in [0.25, 0.3) is 0 Å². The molecule has 10 nitrogen and oxygen atoms in total. The fraction of sp³-hybridized carbons (Fsp3) is 0.744. The average molecular weight is 687 g/mol. The fourth-order valence-corrected chi connectivity index (χ4v) is 8.50. The van der Waals surface area contributed by atoms with Gasteiger partial charge in [-0.05, 0) is 62.5 Å². The monoisotopic (exact) mass is 686 g/mol. The van der Waals surface area contributed by atoms with Gasteiger partial charge in [0.15, 0.2) is 0 Å². The summed E-state index contributed by atoms with van der Waals surface area (Å²) in [6, 6.07) is 0. The number of rotatable bonds is 5. The Bertz CT molecular complexity index is 1350. The molecule has 49 heavy (non-hydrogen) atoms. The van der Waals surface area contributed by atoms with Crippen molar-refractivity contribution in [2.24, 2.45) is 29.6 Å². The van der Waals surface area contributed by atoms with Gasteiger partial charge < -0.3 is 39.0 Å². The van der Waals surface area contributed by atoms with Gasteiger partial charge in [0.1, 0.15) is 42.0 Å². The van der Waals surface area contributed by atoms with Gasteiger partial charge in [-0.25, -0.2) is 0 Å². The van der Waals surface area contributed by atoms with Gasteiger partial charge in [0, 0.05) is 18.8 Å². The van der Waals surface area contributed by atoms with E-state index >= 15 is 0 Å². The molecular weight excluding hydrogens is 628 g/mol. The molecule has 0 radical (unpaired) electrons. The van der Waals surface area contributed by atoms with Gasteiger partial charge in [-0.1, -0.05) is 77.5 Å².